The molecular formula is C24H33NO5. The Morgan fingerprint density at radius 1 is 1.30 bits per heavy atom. The number of carbonyl (C=O) groups excluding carboxylic acids is 1. The third kappa shape index (κ3) is 3.19. The third-order valence-corrected chi connectivity index (χ3v) is 8.62. The average molecular weight is 416 g/mol. The van der Waals surface area contributed by atoms with E-state index in [1.165, 1.54) is 0 Å². The molecule has 0 aliphatic heterocycles. The fourth-order valence-corrected chi connectivity index (χ4v) is 6.32. The molecule has 164 valence electrons. The molecule has 1 aromatic carbocycles. The topological polar surface area (TPSA) is 89.7 Å². The van der Waals surface area contributed by atoms with E-state index in [2.05, 4.69) is 6.92 Å². The van der Waals surface area contributed by atoms with Crippen molar-refractivity contribution in [3.63, 3.8) is 0 Å². The molecule has 0 radical (unpaired) electrons. The number of esters is 1. The van der Waals surface area contributed by atoms with Crippen LogP contribution in [0.3, 0.4) is 0 Å². The second-order valence-electron chi connectivity index (χ2n) is 10.5. The van der Waals surface area contributed by atoms with E-state index in [9.17, 15) is 20.0 Å². The van der Waals surface area contributed by atoms with Crippen LogP contribution in [0.5, 0.6) is 5.75 Å². The summed E-state index contributed by atoms with van der Waals surface area (Å²) in [6.07, 6.45) is 6.41. The smallest absolute Gasteiger partial charge is 0.311 e. The maximum absolute atomic E-state index is 12.7. The van der Waals surface area contributed by atoms with Crippen LogP contribution in [0.1, 0.15) is 83.3 Å². The Morgan fingerprint density at radius 2 is 2.03 bits per heavy atom. The first-order chi connectivity index (χ1) is 14.1. The van der Waals surface area contributed by atoms with E-state index in [1.807, 2.05) is 20.8 Å². The number of rotatable bonds is 4. The Hall–Kier alpha value is -2.11. The first kappa shape index (κ1) is 21.1. The Balaban J connectivity index is 1.59. The van der Waals surface area contributed by atoms with Gasteiger partial charge in [-0.15, -0.1) is 0 Å². The minimum absolute atomic E-state index is 0.0268. The number of ether oxygens (including phenoxy) is 1. The summed E-state index contributed by atoms with van der Waals surface area (Å²) >= 11 is 0. The van der Waals surface area contributed by atoms with Gasteiger partial charge in [0.1, 0.15) is 6.10 Å². The minimum Gasteiger partial charge on any atom is -0.502 e. The second-order valence-corrected chi connectivity index (χ2v) is 10.5. The van der Waals surface area contributed by atoms with Crippen molar-refractivity contribution < 1.29 is 19.6 Å². The second kappa shape index (κ2) is 7.24. The van der Waals surface area contributed by atoms with Gasteiger partial charge in [0.25, 0.3) is 0 Å². The highest BCUT2D eigenvalue weighted by molar-refractivity contribution is 5.76. The van der Waals surface area contributed by atoms with Gasteiger partial charge in [0.15, 0.2) is 5.75 Å². The van der Waals surface area contributed by atoms with E-state index in [0.29, 0.717) is 11.8 Å². The summed E-state index contributed by atoms with van der Waals surface area (Å²) < 4.78 is 6.09. The zero-order valence-electron chi connectivity index (χ0n) is 18.4. The molecule has 0 saturated heterocycles. The molecule has 3 aliphatic carbocycles. The number of benzene rings is 1. The number of aryl methyl sites for hydroxylation is 1. The Bertz CT molecular complexity index is 879. The highest BCUT2D eigenvalue weighted by atomic mass is 16.6. The first-order valence-corrected chi connectivity index (χ1v) is 11.3. The lowest BCUT2D eigenvalue weighted by Crippen LogP contribution is -2.46. The standard InChI is InChI=1S/C24H33NO5/c1-5-23(2,3)22(27)30-21-9-8-18-16-7-6-14-12-20(26)19(25(28)29)13-17(14)15(16)10-11-24(18,21)4/h12-13,15-16,18,21,26H,5-11H2,1-4H3/t15?,16?,18?,21?,24-/m0/s1. The molecule has 0 bridgehead atoms. The molecule has 0 amide bonds. The Kier molecular flexibility index (Phi) is 5.10. The highest BCUT2D eigenvalue weighted by Crippen LogP contribution is 2.62. The molecule has 0 aromatic heterocycles. The van der Waals surface area contributed by atoms with Crippen molar-refractivity contribution in [1.29, 1.82) is 0 Å². The van der Waals surface area contributed by atoms with E-state index in [0.717, 1.165) is 56.1 Å². The molecule has 2 saturated carbocycles. The molecule has 2 fully saturated rings. The number of hydrogen-bond donors (Lipinski definition) is 1. The van der Waals surface area contributed by atoms with Gasteiger partial charge < -0.3 is 9.84 Å². The summed E-state index contributed by atoms with van der Waals surface area (Å²) in [5.74, 6) is 0.860. The number of phenols is 1. The molecule has 4 unspecified atom stereocenters. The molecule has 1 aromatic rings. The van der Waals surface area contributed by atoms with Gasteiger partial charge in [-0.3, -0.25) is 14.9 Å². The fourth-order valence-electron chi connectivity index (χ4n) is 6.32. The predicted octanol–water partition coefficient (Wildman–Crippen LogP) is 5.50. The van der Waals surface area contributed by atoms with Crippen molar-refractivity contribution in [1.82, 2.24) is 0 Å². The quantitative estimate of drug-likeness (QED) is 0.398. The summed E-state index contributed by atoms with van der Waals surface area (Å²) in [6, 6.07) is 3.21. The van der Waals surface area contributed by atoms with Crippen LogP contribution >= 0.6 is 0 Å². The summed E-state index contributed by atoms with van der Waals surface area (Å²) in [4.78, 5) is 23.6. The number of nitro benzene ring substituents is 1. The molecular weight excluding hydrogens is 382 g/mol. The van der Waals surface area contributed by atoms with E-state index in [-0.39, 0.29) is 34.8 Å². The summed E-state index contributed by atoms with van der Waals surface area (Å²) in [6.45, 7) is 8.19. The number of fused-ring (bicyclic) bond motifs is 5. The number of aromatic hydroxyl groups is 1. The summed E-state index contributed by atoms with van der Waals surface area (Å²) in [7, 11) is 0. The van der Waals surface area contributed by atoms with Crippen molar-refractivity contribution in [2.24, 2.45) is 22.7 Å². The van der Waals surface area contributed by atoms with Gasteiger partial charge in [-0.2, -0.15) is 0 Å². The van der Waals surface area contributed by atoms with Crippen LogP contribution in [0.4, 0.5) is 5.69 Å². The number of carbonyl (C=O) groups is 1. The normalized spacial score (nSPS) is 32.7. The molecule has 1 N–H and O–H groups in total. The van der Waals surface area contributed by atoms with E-state index >= 15 is 0 Å². The lowest BCUT2D eigenvalue weighted by Gasteiger charge is -2.50. The Labute approximate surface area is 178 Å². The minimum atomic E-state index is -0.493. The molecule has 0 spiro atoms. The molecule has 4 rings (SSSR count). The van der Waals surface area contributed by atoms with Crippen LogP contribution in [0.2, 0.25) is 0 Å². The van der Waals surface area contributed by atoms with E-state index in [1.54, 1.807) is 12.1 Å². The van der Waals surface area contributed by atoms with Crippen LogP contribution in [-0.4, -0.2) is 22.1 Å². The van der Waals surface area contributed by atoms with Crippen LogP contribution in [0, 0.1) is 32.8 Å². The third-order valence-electron chi connectivity index (χ3n) is 8.62. The van der Waals surface area contributed by atoms with Gasteiger partial charge in [-0.1, -0.05) is 13.8 Å². The lowest BCUT2D eigenvalue weighted by atomic mass is 9.55. The molecule has 6 nitrogen and oxygen atoms in total. The first-order valence-electron chi connectivity index (χ1n) is 11.3. The van der Waals surface area contributed by atoms with Gasteiger partial charge in [-0.25, -0.2) is 0 Å². The molecule has 6 heteroatoms. The van der Waals surface area contributed by atoms with Gasteiger partial charge in [0.2, 0.25) is 0 Å². The fraction of sp³-hybridized carbons (Fsp3) is 0.708. The SMILES string of the molecule is CCC(C)(C)C(=O)OC1CCC2C3CCc4cc(O)c([N+](=O)[O-])cc4C3CC[C@]12C. The number of nitro groups is 1. The van der Waals surface area contributed by atoms with Gasteiger partial charge in [-0.05, 0) is 93.7 Å². The number of nitrogens with zero attached hydrogens (tertiary/aromatic N) is 1. The number of phenolic OH excluding ortho intramolecular Hbond substituents is 1. The van der Waals surface area contributed by atoms with Crippen molar-refractivity contribution in [3.05, 3.63) is 33.4 Å². The molecule has 30 heavy (non-hydrogen) atoms. The Morgan fingerprint density at radius 3 is 2.70 bits per heavy atom. The van der Waals surface area contributed by atoms with Gasteiger partial charge in [0.05, 0.1) is 10.3 Å². The van der Waals surface area contributed by atoms with Crippen molar-refractivity contribution in [2.45, 2.75) is 84.7 Å². The summed E-state index contributed by atoms with van der Waals surface area (Å²) in [5.41, 5.74) is 1.42. The maximum Gasteiger partial charge on any atom is 0.311 e. The predicted molar refractivity (Wildman–Crippen MR) is 113 cm³/mol. The average Bonchev–Trinajstić information content (AvgIpc) is 3.03. The van der Waals surface area contributed by atoms with Crippen molar-refractivity contribution in [3.8, 4) is 5.75 Å². The zero-order valence-corrected chi connectivity index (χ0v) is 18.4. The molecule has 3 aliphatic rings. The maximum atomic E-state index is 12.7. The van der Waals surface area contributed by atoms with Crippen molar-refractivity contribution >= 4 is 11.7 Å². The zero-order chi connectivity index (χ0) is 21.8. The monoisotopic (exact) mass is 415 g/mol. The largest absolute Gasteiger partial charge is 0.502 e. The van der Waals surface area contributed by atoms with Crippen molar-refractivity contribution in [2.75, 3.05) is 0 Å². The van der Waals surface area contributed by atoms with Crippen LogP contribution < -0.4 is 0 Å². The molecule has 5 atom stereocenters. The van der Waals surface area contributed by atoms with Crippen LogP contribution in [-0.2, 0) is 16.0 Å². The van der Waals surface area contributed by atoms with Gasteiger partial charge >= 0.3 is 11.7 Å². The van der Waals surface area contributed by atoms with Crippen LogP contribution in [0.15, 0.2) is 12.1 Å². The lowest BCUT2D eigenvalue weighted by molar-refractivity contribution is -0.386. The number of hydrogen-bond acceptors (Lipinski definition) is 5. The van der Waals surface area contributed by atoms with Crippen LogP contribution in [0.25, 0.3) is 0 Å². The van der Waals surface area contributed by atoms with Gasteiger partial charge in [0, 0.05) is 11.5 Å². The molecule has 0 heterocycles. The highest BCUT2D eigenvalue weighted by Gasteiger charge is 2.56. The van der Waals surface area contributed by atoms with E-state index < -0.39 is 10.3 Å². The summed E-state index contributed by atoms with van der Waals surface area (Å²) in [5, 5.41) is 21.4. The van der Waals surface area contributed by atoms with E-state index in [4.69, 9.17) is 4.74 Å².